The minimum Gasteiger partial charge on any atom is -0.481 e. The van der Waals surface area contributed by atoms with Crippen LogP contribution in [0.5, 0.6) is 5.75 Å². The molecule has 4 nitrogen and oxygen atoms in total. The van der Waals surface area contributed by atoms with Crippen molar-refractivity contribution in [2.75, 3.05) is 6.54 Å². The molecule has 3 rings (SSSR count). The second-order valence-corrected chi connectivity index (χ2v) is 6.83. The lowest BCUT2D eigenvalue weighted by Crippen LogP contribution is -2.41. The molecule has 0 N–H and O–H groups in total. The molecule has 3 aromatic rings. The van der Waals surface area contributed by atoms with Crippen LogP contribution < -0.4 is 4.74 Å². The van der Waals surface area contributed by atoms with E-state index in [2.05, 4.69) is 11.4 Å². The van der Waals surface area contributed by atoms with Crippen LogP contribution in [-0.2, 0) is 17.8 Å². The molecule has 1 atom stereocenters. The van der Waals surface area contributed by atoms with E-state index in [1.165, 1.54) is 4.88 Å². The number of carbonyl (C=O) groups is 1. The van der Waals surface area contributed by atoms with Crippen LogP contribution in [0.3, 0.4) is 0 Å². The topological polar surface area (TPSA) is 42.7 Å². The minimum atomic E-state index is -0.544. The summed E-state index contributed by atoms with van der Waals surface area (Å²) in [6.45, 7) is 2.96. The van der Waals surface area contributed by atoms with Crippen LogP contribution in [0.25, 0.3) is 0 Å². The molecule has 25 heavy (non-hydrogen) atoms. The van der Waals surface area contributed by atoms with E-state index >= 15 is 0 Å². The van der Waals surface area contributed by atoms with Crippen LogP contribution in [0, 0.1) is 0 Å². The Kier molecular flexibility index (Phi) is 5.90. The number of hydrogen-bond acceptors (Lipinski definition) is 4. The summed E-state index contributed by atoms with van der Waals surface area (Å²) in [5.74, 6) is 0.673. The van der Waals surface area contributed by atoms with Gasteiger partial charge in [0.1, 0.15) is 5.75 Å². The predicted octanol–water partition coefficient (Wildman–Crippen LogP) is 4.38. The average Bonchev–Trinajstić information content (AvgIpc) is 3.32. The van der Waals surface area contributed by atoms with Crippen LogP contribution in [0.1, 0.15) is 17.4 Å². The first-order valence-electron chi connectivity index (χ1n) is 8.26. The Bertz CT molecular complexity index is 754. The summed E-state index contributed by atoms with van der Waals surface area (Å²) in [5.41, 5.74) is 0.978. The number of hydrogen-bond donors (Lipinski definition) is 0. The van der Waals surface area contributed by atoms with Crippen molar-refractivity contribution in [3.05, 3.63) is 76.9 Å². The molecule has 0 saturated heterocycles. The van der Waals surface area contributed by atoms with Gasteiger partial charge >= 0.3 is 0 Å². The van der Waals surface area contributed by atoms with Gasteiger partial charge in [-0.1, -0.05) is 24.3 Å². The number of furan rings is 1. The smallest absolute Gasteiger partial charge is 0.263 e. The first kappa shape index (κ1) is 17.3. The first-order valence-corrected chi connectivity index (χ1v) is 9.14. The van der Waals surface area contributed by atoms with Crippen molar-refractivity contribution in [2.45, 2.75) is 26.0 Å². The monoisotopic (exact) mass is 355 g/mol. The van der Waals surface area contributed by atoms with E-state index in [0.29, 0.717) is 18.8 Å². The Balaban J connectivity index is 1.66. The zero-order valence-corrected chi connectivity index (χ0v) is 14.9. The lowest BCUT2D eigenvalue weighted by molar-refractivity contribution is -0.138. The van der Waals surface area contributed by atoms with Crippen LogP contribution in [-0.4, -0.2) is 23.5 Å². The van der Waals surface area contributed by atoms with E-state index in [-0.39, 0.29) is 5.91 Å². The quantitative estimate of drug-likeness (QED) is 0.602. The number of para-hydroxylation sites is 1. The third-order valence-corrected chi connectivity index (χ3v) is 4.81. The van der Waals surface area contributed by atoms with E-state index in [4.69, 9.17) is 9.15 Å². The van der Waals surface area contributed by atoms with Gasteiger partial charge in [0.25, 0.3) is 5.91 Å². The maximum Gasteiger partial charge on any atom is 0.263 e. The van der Waals surface area contributed by atoms with E-state index in [9.17, 15) is 4.79 Å². The minimum absolute atomic E-state index is 0.0263. The van der Waals surface area contributed by atoms with Crippen LogP contribution in [0.4, 0.5) is 0 Å². The molecule has 0 fully saturated rings. The zero-order chi connectivity index (χ0) is 17.5. The number of nitrogens with zero attached hydrogens (tertiary/aromatic N) is 1. The number of benzene rings is 1. The fraction of sp³-hybridized carbons (Fsp3) is 0.250. The van der Waals surface area contributed by atoms with Crippen molar-refractivity contribution >= 4 is 17.2 Å². The molecule has 0 aliphatic heterocycles. The molecule has 0 aliphatic rings. The molecule has 1 aromatic carbocycles. The Morgan fingerprint density at radius 1 is 1.20 bits per heavy atom. The molecule has 1 amide bonds. The molecule has 130 valence electrons. The lowest BCUT2D eigenvalue weighted by Gasteiger charge is -2.25. The highest BCUT2D eigenvalue weighted by Crippen LogP contribution is 2.16. The van der Waals surface area contributed by atoms with Crippen LogP contribution in [0.15, 0.2) is 70.9 Å². The van der Waals surface area contributed by atoms with E-state index in [1.807, 2.05) is 47.4 Å². The highest BCUT2D eigenvalue weighted by molar-refractivity contribution is 7.09. The molecule has 0 unspecified atom stereocenters. The third kappa shape index (κ3) is 4.97. The fourth-order valence-corrected chi connectivity index (χ4v) is 3.28. The zero-order valence-electron chi connectivity index (χ0n) is 14.1. The van der Waals surface area contributed by atoms with Gasteiger partial charge in [-0.2, -0.15) is 0 Å². The van der Waals surface area contributed by atoms with Gasteiger partial charge in [-0.15, -0.1) is 11.3 Å². The number of thiophene rings is 1. The average molecular weight is 355 g/mol. The van der Waals surface area contributed by atoms with Crippen molar-refractivity contribution < 1.29 is 13.9 Å². The molecule has 0 aliphatic carbocycles. The van der Waals surface area contributed by atoms with Crippen molar-refractivity contribution in [3.63, 3.8) is 0 Å². The second kappa shape index (κ2) is 8.53. The van der Waals surface area contributed by atoms with Crippen LogP contribution in [0.2, 0.25) is 0 Å². The van der Waals surface area contributed by atoms with Gasteiger partial charge in [-0.05, 0) is 43.0 Å². The molecular weight excluding hydrogens is 334 g/mol. The summed E-state index contributed by atoms with van der Waals surface area (Å²) in [4.78, 5) is 16.0. The SMILES string of the molecule is C[C@H](Oc1ccccc1)C(=O)N(CCc1cccs1)Cc1ccoc1. The largest absolute Gasteiger partial charge is 0.481 e. The van der Waals surface area contributed by atoms with Gasteiger partial charge < -0.3 is 14.1 Å². The van der Waals surface area contributed by atoms with Crippen molar-refractivity contribution in [1.29, 1.82) is 0 Å². The van der Waals surface area contributed by atoms with Crippen molar-refractivity contribution in [2.24, 2.45) is 0 Å². The molecule has 2 aromatic heterocycles. The Morgan fingerprint density at radius 2 is 2.04 bits per heavy atom. The molecule has 0 bridgehead atoms. The third-order valence-electron chi connectivity index (χ3n) is 3.88. The van der Waals surface area contributed by atoms with Gasteiger partial charge in [0.15, 0.2) is 6.10 Å². The van der Waals surface area contributed by atoms with E-state index in [1.54, 1.807) is 30.8 Å². The molecule has 5 heteroatoms. The van der Waals surface area contributed by atoms with Gasteiger partial charge in [0.2, 0.25) is 0 Å². The predicted molar refractivity (Wildman–Crippen MR) is 98.7 cm³/mol. The molecular formula is C20H21NO3S. The first-order chi connectivity index (χ1) is 12.2. The Labute approximate surface area is 151 Å². The highest BCUT2D eigenvalue weighted by atomic mass is 32.1. The maximum absolute atomic E-state index is 12.9. The lowest BCUT2D eigenvalue weighted by atomic mass is 10.2. The second-order valence-electron chi connectivity index (χ2n) is 5.79. The van der Waals surface area contributed by atoms with E-state index in [0.717, 1.165) is 12.0 Å². The molecule has 0 radical (unpaired) electrons. The number of amides is 1. The van der Waals surface area contributed by atoms with Crippen molar-refractivity contribution in [3.8, 4) is 5.75 Å². The van der Waals surface area contributed by atoms with Gasteiger partial charge in [-0.25, -0.2) is 0 Å². The van der Waals surface area contributed by atoms with Gasteiger partial charge in [0, 0.05) is 23.5 Å². The Morgan fingerprint density at radius 3 is 2.72 bits per heavy atom. The summed E-state index contributed by atoms with van der Waals surface area (Å²) in [5, 5.41) is 2.05. The standard InChI is InChI=1S/C20H21NO3S/c1-16(24-18-6-3-2-4-7-18)20(22)21(14-17-10-12-23-15-17)11-9-19-8-5-13-25-19/h2-8,10,12-13,15-16H,9,11,14H2,1H3/t16-/m0/s1. The molecule has 2 heterocycles. The summed E-state index contributed by atoms with van der Waals surface area (Å²) in [7, 11) is 0. The summed E-state index contributed by atoms with van der Waals surface area (Å²) < 4.78 is 10.9. The number of rotatable bonds is 8. The highest BCUT2D eigenvalue weighted by Gasteiger charge is 2.22. The van der Waals surface area contributed by atoms with E-state index < -0.39 is 6.10 Å². The summed E-state index contributed by atoms with van der Waals surface area (Å²) >= 11 is 1.71. The number of carbonyl (C=O) groups excluding carboxylic acids is 1. The summed E-state index contributed by atoms with van der Waals surface area (Å²) in [6, 6.07) is 15.4. The summed E-state index contributed by atoms with van der Waals surface area (Å²) in [6.07, 6.45) is 3.59. The molecule has 0 saturated carbocycles. The maximum atomic E-state index is 12.9. The number of ether oxygens (including phenoxy) is 1. The fourth-order valence-electron chi connectivity index (χ4n) is 2.58. The van der Waals surface area contributed by atoms with Gasteiger partial charge in [0.05, 0.1) is 12.5 Å². The normalized spacial score (nSPS) is 11.9. The van der Waals surface area contributed by atoms with Crippen molar-refractivity contribution in [1.82, 2.24) is 4.90 Å². The van der Waals surface area contributed by atoms with Crippen LogP contribution >= 0.6 is 11.3 Å². The molecule has 0 spiro atoms. The Hall–Kier alpha value is -2.53. The van der Waals surface area contributed by atoms with Gasteiger partial charge in [-0.3, -0.25) is 4.79 Å².